The summed E-state index contributed by atoms with van der Waals surface area (Å²) in [5, 5.41) is 3.39. The van der Waals surface area contributed by atoms with Crippen LogP contribution in [-0.2, 0) is 0 Å². The topological polar surface area (TPSA) is 12.0 Å². The molecular formula is C11H19N. The van der Waals surface area contributed by atoms with Crippen LogP contribution < -0.4 is 5.32 Å². The van der Waals surface area contributed by atoms with Crippen molar-refractivity contribution in [2.45, 2.75) is 33.6 Å². The van der Waals surface area contributed by atoms with Crippen molar-refractivity contribution < 1.29 is 0 Å². The number of rotatable bonds is 0. The first-order valence-corrected chi connectivity index (χ1v) is 4.81. The van der Waals surface area contributed by atoms with E-state index in [1.54, 1.807) is 5.57 Å². The maximum absolute atomic E-state index is 3.39. The lowest BCUT2D eigenvalue weighted by molar-refractivity contribution is 0.648. The molecule has 1 heterocycles. The van der Waals surface area contributed by atoms with Gasteiger partial charge in [0.15, 0.2) is 0 Å². The number of nitrogens with one attached hydrogen (secondary N) is 1. The van der Waals surface area contributed by atoms with Gasteiger partial charge in [-0.3, -0.25) is 0 Å². The van der Waals surface area contributed by atoms with Crippen molar-refractivity contribution in [1.82, 2.24) is 5.32 Å². The van der Waals surface area contributed by atoms with Crippen LogP contribution in [-0.4, -0.2) is 6.54 Å². The maximum Gasteiger partial charge on any atom is 0.0146 e. The van der Waals surface area contributed by atoms with E-state index in [9.17, 15) is 0 Å². The van der Waals surface area contributed by atoms with E-state index in [-0.39, 0.29) is 0 Å². The highest BCUT2D eigenvalue weighted by Gasteiger charge is 2.07. The maximum atomic E-state index is 3.39. The highest BCUT2D eigenvalue weighted by Crippen LogP contribution is 2.20. The molecule has 0 aliphatic carbocycles. The van der Waals surface area contributed by atoms with E-state index in [0.29, 0.717) is 5.92 Å². The molecule has 1 aliphatic rings. The fraction of sp³-hybridized carbons (Fsp3) is 0.636. The molecule has 0 aromatic rings. The monoisotopic (exact) mass is 165 g/mol. The predicted molar refractivity (Wildman–Crippen MR) is 53.9 cm³/mol. The van der Waals surface area contributed by atoms with Crippen LogP contribution in [0.5, 0.6) is 0 Å². The largest absolute Gasteiger partial charge is 0.389 e. The van der Waals surface area contributed by atoms with Crippen LogP contribution >= 0.6 is 0 Å². The average Bonchev–Trinajstić information content (AvgIpc) is 2.01. The normalized spacial score (nSPS) is 33.1. The second-order valence-corrected chi connectivity index (χ2v) is 3.53. The van der Waals surface area contributed by atoms with Crippen molar-refractivity contribution in [2.75, 3.05) is 6.54 Å². The first-order chi connectivity index (χ1) is 5.74. The molecule has 0 aromatic heterocycles. The zero-order valence-corrected chi connectivity index (χ0v) is 8.35. The SMILES string of the molecule is C/C=C1/CCCN/C(C)=C/C1C. The molecule has 1 unspecified atom stereocenters. The quantitative estimate of drug-likeness (QED) is 0.544. The fourth-order valence-electron chi connectivity index (χ4n) is 1.75. The van der Waals surface area contributed by atoms with Crippen molar-refractivity contribution in [2.24, 2.45) is 5.92 Å². The van der Waals surface area contributed by atoms with Gasteiger partial charge < -0.3 is 5.32 Å². The molecule has 1 aliphatic heterocycles. The third-order valence-corrected chi connectivity index (χ3v) is 2.50. The number of allylic oxidation sites excluding steroid dienone is 4. The lowest BCUT2D eigenvalue weighted by Gasteiger charge is -2.18. The smallest absolute Gasteiger partial charge is 0.0146 e. The molecular weight excluding hydrogens is 146 g/mol. The Labute approximate surface area is 75.6 Å². The second-order valence-electron chi connectivity index (χ2n) is 3.53. The first-order valence-electron chi connectivity index (χ1n) is 4.81. The van der Waals surface area contributed by atoms with Crippen LogP contribution in [0.15, 0.2) is 23.4 Å². The van der Waals surface area contributed by atoms with Gasteiger partial charge >= 0.3 is 0 Å². The Morgan fingerprint density at radius 1 is 1.58 bits per heavy atom. The van der Waals surface area contributed by atoms with E-state index >= 15 is 0 Å². The molecule has 0 amide bonds. The lowest BCUT2D eigenvalue weighted by Crippen LogP contribution is -2.17. The third kappa shape index (κ3) is 2.40. The Hall–Kier alpha value is -0.720. The molecule has 1 atom stereocenters. The van der Waals surface area contributed by atoms with Crippen LogP contribution in [0.4, 0.5) is 0 Å². The molecule has 0 saturated carbocycles. The van der Waals surface area contributed by atoms with Gasteiger partial charge in [0.25, 0.3) is 0 Å². The summed E-state index contributed by atoms with van der Waals surface area (Å²) in [5.74, 6) is 0.614. The lowest BCUT2D eigenvalue weighted by atomic mass is 9.94. The third-order valence-electron chi connectivity index (χ3n) is 2.50. The molecule has 0 bridgehead atoms. The Morgan fingerprint density at radius 2 is 2.33 bits per heavy atom. The average molecular weight is 165 g/mol. The summed E-state index contributed by atoms with van der Waals surface area (Å²) in [7, 11) is 0. The molecule has 0 saturated heterocycles. The number of hydrogen-bond donors (Lipinski definition) is 1. The zero-order valence-electron chi connectivity index (χ0n) is 8.35. The van der Waals surface area contributed by atoms with Crippen molar-refractivity contribution >= 4 is 0 Å². The van der Waals surface area contributed by atoms with Crippen LogP contribution in [0.1, 0.15) is 33.6 Å². The molecule has 0 spiro atoms. The van der Waals surface area contributed by atoms with Gasteiger partial charge in [-0.25, -0.2) is 0 Å². The molecule has 68 valence electrons. The minimum absolute atomic E-state index is 0.614. The van der Waals surface area contributed by atoms with Gasteiger partial charge in [0, 0.05) is 12.2 Å². The van der Waals surface area contributed by atoms with E-state index in [0.717, 1.165) is 6.54 Å². The Morgan fingerprint density at radius 3 is 3.00 bits per heavy atom. The van der Waals surface area contributed by atoms with Gasteiger partial charge in [-0.1, -0.05) is 24.6 Å². The fourth-order valence-corrected chi connectivity index (χ4v) is 1.75. The molecule has 1 N–H and O–H groups in total. The van der Waals surface area contributed by atoms with E-state index in [4.69, 9.17) is 0 Å². The predicted octanol–water partition coefficient (Wildman–Crippen LogP) is 2.86. The standard InChI is InChI=1S/C11H19N/c1-4-11-6-5-7-12-10(3)8-9(11)2/h4,8-9,12H,5-7H2,1-3H3/b10-8+,11-4-. The van der Waals surface area contributed by atoms with Crippen LogP contribution in [0.2, 0.25) is 0 Å². The van der Waals surface area contributed by atoms with Crippen molar-refractivity contribution in [1.29, 1.82) is 0 Å². The second kappa shape index (κ2) is 4.34. The molecule has 1 rings (SSSR count). The Balaban J connectivity index is 2.74. The summed E-state index contributed by atoms with van der Waals surface area (Å²) in [4.78, 5) is 0. The highest BCUT2D eigenvalue weighted by atomic mass is 14.9. The molecule has 0 radical (unpaired) electrons. The van der Waals surface area contributed by atoms with Gasteiger partial charge in [-0.05, 0) is 32.6 Å². The summed E-state index contributed by atoms with van der Waals surface area (Å²) in [6.07, 6.45) is 7.08. The minimum atomic E-state index is 0.614. The Kier molecular flexibility index (Phi) is 3.39. The molecule has 12 heavy (non-hydrogen) atoms. The molecule has 0 fully saturated rings. The van der Waals surface area contributed by atoms with Gasteiger partial charge in [-0.15, -0.1) is 0 Å². The van der Waals surface area contributed by atoms with E-state index in [1.807, 2.05) is 0 Å². The summed E-state index contributed by atoms with van der Waals surface area (Å²) in [6.45, 7) is 7.68. The van der Waals surface area contributed by atoms with Crippen molar-refractivity contribution in [3.05, 3.63) is 23.4 Å². The van der Waals surface area contributed by atoms with Crippen LogP contribution in [0.25, 0.3) is 0 Å². The van der Waals surface area contributed by atoms with E-state index < -0.39 is 0 Å². The van der Waals surface area contributed by atoms with E-state index in [1.165, 1.54) is 18.5 Å². The summed E-state index contributed by atoms with van der Waals surface area (Å²) in [5.41, 5.74) is 2.90. The van der Waals surface area contributed by atoms with Gasteiger partial charge in [0.2, 0.25) is 0 Å². The van der Waals surface area contributed by atoms with Crippen molar-refractivity contribution in [3.8, 4) is 0 Å². The van der Waals surface area contributed by atoms with Gasteiger partial charge in [-0.2, -0.15) is 0 Å². The van der Waals surface area contributed by atoms with Gasteiger partial charge in [0.05, 0.1) is 0 Å². The van der Waals surface area contributed by atoms with Gasteiger partial charge in [0.1, 0.15) is 0 Å². The van der Waals surface area contributed by atoms with Crippen molar-refractivity contribution in [3.63, 3.8) is 0 Å². The van der Waals surface area contributed by atoms with Crippen LogP contribution in [0.3, 0.4) is 0 Å². The number of hydrogen-bond acceptors (Lipinski definition) is 1. The summed E-state index contributed by atoms with van der Waals surface area (Å²) in [6, 6.07) is 0. The molecule has 0 aromatic carbocycles. The van der Waals surface area contributed by atoms with E-state index in [2.05, 4.69) is 38.2 Å². The molecule has 1 nitrogen and oxygen atoms in total. The summed E-state index contributed by atoms with van der Waals surface area (Å²) < 4.78 is 0. The summed E-state index contributed by atoms with van der Waals surface area (Å²) >= 11 is 0. The first kappa shape index (κ1) is 9.37. The van der Waals surface area contributed by atoms with Crippen LogP contribution in [0, 0.1) is 5.92 Å². The Bertz CT molecular complexity index is 201. The minimum Gasteiger partial charge on any atom is -0.389 e. The molecule has 1 heteroatoms. The zero-order chi connectivity index (χ0) is 8.97. The highest BCUT2D eigenvalue weighted by molar-refractivity contribution is 5.15.